The molecule has 0 N–H and O–H groups in total. The zero-order valence-corrected chi connectivity index (χ0v) is 16.8. The number of nitrogens with zero attached hydrogens (tertiary/aromatic N) is 2. The highest BCUT2D eigenvalue weighted by Gasteiger charge is 2.12. The Hall–Kier alpha value is -3.39. The van der Waals surface area contributed by atoms with Gasteiger partial charge in [0.1, 0.15) is 0 Å². The van der Waals surface area contributed by atoms with Crippen LogP contribution in [0.4, 0.5) is 0 Å². The second-order valence-electron chi connectivity index (χ2n) is 8.05. The molecule has 0 spiro atoms. The van der Waals surface area contributed by atoms with E-state index in [1.54, 1.807) is 0 Å². The summed E-state index contributed by atoms with van der Waals surface area (Å²) in [5.74, 6) is 0.601. The van der Waals surface area contributed by atoms with Crippen molar-refractivity contribution in [1.29, 1.82) is 0 Å². The molecule has 0 radical (unpaired) electrons. The summed E-state index contributed by atoms with van der Waals surface area (Å²) in [6.07, 6.45) is 1.84. The van der Waals surface area contributed by atoms with Gasteiger partial charge in [0.15, 0.2) is 0 Å². The Morgan fingerprint density at radius 2 is 1.45 bits per heavy atom. The maximum atomic E-state index is 4.50. The third kappa shape index (κ3) is 3.21. The minimum absolute atomic E-state index is 0.601. The quantitative estimate of drug-likeness (QED) is 0.325. The average Bonchev–Trinajstić information content (AvgIpc) is 3.07. The molecule has 0 aliphatic heterocycles. The second kappa shape index (κ2) is 7.21. The highest BCUT2D eigenvalue weighted by molar-refractivity contribution is 6.09. The zero-order valence-electron chi connectivity index (χ0n) is 16.8. The van der Waals surface area contributed by atoms with Crippen molar-refractivity contribution in [2.24, 2.45) is 5.92 Å². The van der Waals surface area contributed by atoms with E-state index in [2.05, 4.69) is 96.2 Å². The number of para-hydroxylation sites is 1. The Kier molecular flexibility index (Phi) is 4.40. The molecule has 0 saturated heterocycles. The topological polar surface area (TPSA) is 17.8 Å². The lowest BCUT2D eigenvalue weighted by Gasteiger charge is -2.11. The van der Waals surface area contributed by atoms with Gasteiger partial charge < -0.3 is 4.57 Å². The van der Waals surface area contributed by atoms with Crippen LogP contribution in [-0.2, 0) is 6.54 Å². The molecule has 2 aromatic heterocycles. The van der Waals surface area contributed by atoms with Gasteiger partial charge in [-0.05, 0) is 53.4 Å². The number of aromatic nitrogens is 2. The molecule has 0 aliphatic rings. The number of pyridine rings is 1. The van der Waals surface area contributed by atoms with Gasteiger partial charge in [-0.2, -0.15) is 0 Å². The van der Waals surface area contributed by atoms with Crippen molar-refractivity contribution in [2.45, 2.75) is 20.4 Å². The first-order valence-corrected chi connectivity index (χ1v) is 10.2. The van der Waals surface area contributed by atoms with Gasteiger partial charge in [-0.15, -0.1) is 0 Å². The van der Waals surface area contributed by atoms with Gasteiger partial charge in [0.25, 0.3) is 0 Å². The van der Waals surface area contributed by atoms with E-state index in [-0.39, 0.29) is 0 Å². The normalized spacial score (nSPS) is 11.6. The molecule has 0 aliphatic carbocycles. The van der Waals surface area contributed by atoms with Crippen LogP contribution < -0.4 is 0 Å². The largest absolute Gasteiger partial charge is 0.340 e. The standard InChI is InChI=1S/C27H24N2/c1-19(2)18-29-26-12-4-3-10-23(26)24-17-21(13-14-27(24)29)20-8-7-9-22(16-20)25-11-5-6-15-28-25/h3-17,19H,18H2,1-2H3. The van der Waals surface area contributed by atoms with Crippen molar-refractivity contribution in [3.8, 4) is 22.4 Å². The van der Waals surface area contributed by atoms with Crippen LogP contribution in [0.15, 0.2) is 91.1 Å². The van der Waals surface area contributed by atoms with Gasteiger partial charge in [0.2, 0.25) is 0 Å². The van der Waals surface area contributed by atoms with E-state index in [1.165, 1.54) is 32.9 Å². The van der Waals surface area contributed by atoms with E-state index in [1.807, 2.05) is 18.3 Å². The van der Waals surface area contributed by atoms with E-state index >= 15 is 0 Å². The van der Waals surface area contributed by atoms with Crippen LogP contribution in [-0.4, -0.2) is 9.55 Å². The summed E-state index contributed by atoms with van der Waals surface area (Å²) < 4.78 is 2.46. The van der Waals surface area contributed by atoms with Gasteiger partial charge in [0.05, 0.1) is 5.69 Å². The highest BCUT2D eigenvalue weighted by Crippen LogP contribution is 2.34. The molecule has 29 heavy (non-hydrogen) atoms. The second-order valence-corrected chi connectivity index (χ2v) is 8.05. The minimum atomic E-state index is 0.601. The molecule has 2 nitrogen and oxygen atoms in total. The fourth-order valence-electron chi connectivity index (χ4n) is 4.19. The SMILES string of the molecule is CC(C)Cn1c2ccccc2c2cc(-c3cccc(-c4ccccn4)c3)ccc21. The van der Waals surface area contributed by atoms with E-state index in [4.69, 9.17) is 0 Å². The lowest BCUT2D eigenvalue weighted by molar-refractivity contribution is 0.545. The Balaban J connectivity index is 1.67. The molecule has 0 amide bonds. The Bertz CT molecular complexity index is 1300. The first kappa shape index (κ1) is 17.7. The Morgan fingerprint density at radius 3 is 2.28 bits per heavy atom. The van der Waals surface area contributed by atoms with Crippen LogP contribution in [0.1, 0.15) is 13.8 Å². The predicted molar refractivity (Wildman–Crippen MR) is 123 cm³/mol. The third-order valence-electron chi connectivity index (χ3n) is 5.48. The van der Waals surface area contributed by atoms with Crippen molar-refractivity contribution < 1.29 is 0 Å². The molecule has 5 aromatic rings. The van der Waals surface area contributed by atoms with Crippen LogP contribution in [0, 0.1) is 5.92 Å². The smallest absolute Gasteiger partial charge is 0.0702 e. The van der Waals surface area contributed by atoms with Gasteiger partial charge in [-0.25, -0.2) is 0 Å². The summed E-state index contributed by atoms with van der Waals surface area (Å²) in [5, 5.41) is 2.65. The number of hydrogen-bond acceptors (Lipinski definition) is 1. The predicted octanol–water partition coefficient (Wildman–Crippen LogP) is 7.18. The van der Waals surface area contributed by atoms with Crippen LogP contribution in [0.3, 0.4) is 0 Å². The Labute approximate surface area is 171 Å². The summed E-state index contributed by atoms with van der Waals surface area (Å²) >= 11 is 0. The van der Waals surface area contributed by atoms with Gasteiger partial charge in [-0.3, -0.25) is 4.98 Å². The van der Waals surface area contributed by atoms with Gasteiger partial charge in [0, 0.05) is 40.1 Å². The van der Waals surface area contributed by atoms with Gasteiger partial charge >= 0.3 is 0 Å². The molecule has 0 saturated carbocycles. The molecule has 0 fully saturated rings. The van der Waals surface area contributed by atoms with Crippen LogP contribution in [0.2, 0.25) is 0 Å². The molecular formula is C27H24N2. The van der Waals surface area contributed by atoms with Crippen molar-refractivity contribution in [1.82, 2.24) is 9.55 Å². The minimum Gasteiger partial charge on any atom is -0.340 e. The first-order valence-electron chi connectivity index (χ1n) is 10.2. The van der Waals surface area contributed by atoms with E-state index in [9.17, 15) is 0 Å². The van der Waals surface area contributed by atoms with Crippen molar-refractivity contribution >= 4 is 21.8 Å². The fourth-order valence-corrected chi connectivity index (χ4v) is 4.19. The molecule has 2 heteroatoms. The summed E-state index contributed by atoms with van der Waals surface area (Å²) in [7, 11) is 0. The highest BCUT2D eigenvalue weighted by atomic mass is 15.0. The number of hydrogen-bond donors (Lipinski definition) is 0. The molecule has 3 aromatic carbocycles. The van der Waals surface area contributed by atoms with Gasteiger partial charge in [-0.1, -0.05) is 62.4 Å². The van der Waals surface area contributed by atoms with Crippen molar-refractivity contribution in [3.63, 3.8) is 0 Å². The maximum absolute atomic E-state index is 4.50. The third-order valence-corrected chi connectivity index (χ3v) is 5.48. The van der Waals surface area contributed by atoms with E-state index < -0.39 is 0 Å². The van der Waals surface area contributed by atoms with Crippen LogP contribution in [0.5, 0.6) is 0 Å². The molecule has 0 atom stereocenters. The summed E-state index contributed by atoms with van der Waals surface area (Å²) in [6, 6.07) is 30.3. The summed E-state index contributed by atoms with van der Waals surface area (Å²) in [4.78, 5) is 4.50. The summed E-state index contributed by atoms with van der Waals surface area (Å²) in [6.45, 7) is 5.58. The number of rotatable bonds is 4. The zero-order chi connectivity index (χ0) is 19.8. The van der Waals surface area contributed by atoms with E-state index in [0.29, 0.717) is 5.92 Å². The molecule has 0 bridgehead atoms. The number of fused-ring (bicyclic) bond motifs is 3. The lowest BCUT2D eigenvalue weighted by Crippen LogP contribution is -2.03. The van der Waals surface area contributed by atoms with Crippen LogP contribution >= 0.6 is 0 Å². The first-order chi connectivity index (χ1) is 14.2. The molecule has 142 valence electrons. The lowest BCUT2D eigenvalue weighted by atomic mass is 9.99. The van der Waals surface area contributed by atoms with Crippen molar-refractivity contribution in [3.05, 3.63) is 91.1 Å². The molecule has 5 rings (SSSR count). The van der Waals surface area contributed by atoms with Crippen molar-refractivity contribution in [2.75, 3.05) is 0 Å². The Morgan fingerprint density at radius 1 is 0.690 bits per heavy atom. The van der Waals surface area contributed by atoms with E-state index in [0.717, 1.165) is 17.8 Å². The average molecular weight is 377 g/mol. The number of benzene rings is 3. The summed E-state index contributed by atoms with van der Waals surface area (Å²) in [5.41, 5.74) is 7.23. The maximum Gasteiger partial charge on any atom is 0.0702 e. The molecular weight excluding hydrogens is 352 g/mol. The van der Waals surface area contributed by atoms with Crippen LogP contribution in [0.25, 0.3) is 44.2 Å². The molecule has 0 unspecified atom stereocenters. The monoisotopic (exact) mass is 376 g/mol. The molecule has 2 heterocycles. The fraction of sp³-hybridized carbons (Fsp3) is 0.148.